The van der Waals surface area contributed by atoms with Crippen molar-refractivity contribution in [2.24, 2.45) is 4.99 Å². The van der Waals surface area contributed by atoms with Crippen LogP contribution in [-0.2, 0) is 6.54 Å². The van der Waals surface area contributed by atoms with E-state index in [1.54, 1.807) is 13.2 Å². The molecule has 0 bridgehead atoms. The molecule has 0 amide bonds. The Labute approximate surface area is 195 Å². The van der Waals surface area contributed by atoms with Gasteiger partial charge in [0.25, 0.3) is 0 Å². The van der Waals surface area contributed by atoms with Crippen LogP contribution in [0.4, 0.5) is 5.82 Å². The van der Waals surface area contributed by atoms with E-state index in [2.05, 4.69) is 47.6 Å². The van der Waals surface area contributed by atoms with Crippen LogP contribution in [0.1, 0.15) is 18.7 Å². The molecule has 30 heavy (non-hydrogen) atoms. The maximum atomic E-state index is 4.50. The molecule has 2 aromatic heterocycles. The van der Waals surface area contributed by atoms with Crippen LogP contribution in [0.25, 0.3) is 11.3 Å². The number of imidazole rings is 1. The molecule has 3 aromatic rings. The van der Waals surface area contributed by atoms with Crippen LogP contribution in [0.2, 0.25) is 0 Å². The molecule has 1 aromatic carbocycles. The van der Waals surface area contributed by atoms with Crippen molar-refractivity contribution in [3.05, 3.63) is 66.7 Å². The SMILES string of the molecule is CN=C(NCCCCNc1ccccn1)N(C)Cc1ncc(-c2ccccc2)[nH]1.I. The summed E-state index contributed by atoms with van der Waals surface area (Å²) in [5, 5.41) is 6.74. The minimum atomic E-state index is 0. The Bertz CT molecular complexity index is 881. The third-order valence-corrected chi connectivity index (χ3v) is 4.53. The molecule has 0 saturated heterocycles. The molecule has 160 valence electrons. The fourth-order valence-corrected chi connectivity index (χ4v) is 3.03. The van der Waals surface area contributed by atoms with Gasteiger partial charge in [-0.15, -0.1) is 24.0 Å². The van der Waals surface area contributed by atoms with Gasteiger partial charge in [-0.05, 0) is 30.5 Å². The number of aromatic amines is 1. The topological polar surface area (TPSA) is 81.2 Å². The number of nitrogens with zero attached hydrogens (tertiary/aromatic N) is 4. The average Bonchev–Trinajstić information content (AvgIpc) is 3.23. The fraction of sp³-hybridized carbons (Fsp3) is 0.318. The average molecular weight is 519 g/mol. The lowest BCUT2D eigenvalue weighted by molar-refractivity contribution is 0.463. The smallest absolute Gasteiger partial charge is 0.193 e. The third kappa shape index (κ3) is 7.33. The normalized spacial score (nSPS) is 10.9. The van der Waals surface area contributed by atoms with Crippen molar-refractivity contribution in [3.8, 4) is 11.3 Å². The second-order valence-corrected chi connectivity index (χ2v) is 6.79. The summed E-state index contributed by atoms with van der Waals surface area (Å²) in [5.74, 6) is 2.69. The van der Waals surface area contributed by atoms with Crippen molar-refractivity contribution in [1.82, 2.24) is 25.2 Å². The summed E-state index contributed by atoms with van der Waals surface area (Å²) in [7, 11) is 3.82. The van der Waals surface area contributed by atoms with E-state index >= 15 is 0 Å². The number of rotatable bonds is 9. The lowest BCUT2D eigenvalue weighted by Gasteiger charge is -2.21. The lowest BCUT2D eigenvalue weighted by Crippen LogP contribution is -2.39. The molecular weight excluding hydrogens is 489 g/mol. The van der Waals surface area contributed by atoms with Crippen molar-refractivity contribution in [2.45, 2.75) is 19.4 Å². The zero-order valence-electron chi connectivity index (χ0n) is 17.5. The van der Waals surface area contributed by atoms with Gasteiger partial charge in [-0.2, -0.15) is 0 Å². The number of pyridine rings is 1. The Morgan fingerprint density at radius 3 is 2.53 bits per heavy atom. The van der Waals surface area contributed by atoms with Crippen molar-refractivity contribution in [1.29, 1.82) is 0 Å². The van der Waals surface area contributed by atoms with Gasteiger partial charge in [0, 0.05) is 33.4 Å². The van der Waals surface area contributed by atoms with E-state index in [0.29, 0.717) is 6.54 Å². The largest absolute Gasteiger partial charge is 0.370 e. The Morgan fingerprint density at radius 1 is 1.03 bits per heavy atom. The number of H-pyrrole nitrogens is 1. The predicted molar refractivity (Wildman–Crippen MR) is 134 cm³/mol. The molecule has 8 heteroatoms. The molecule has 2 heterocycles. The van der Waals surface area contributed by atoms with Gasteiger partial charge in [0.2, 0.25) is 0 Å². The van der Waals surface area contributed by atoms with E-state index in [4.69, 9.17) is 0 Å². The second-order valence-electron chi connectivity index (χ2n) is 6.79. The van der Waals surface area contributed by atoms with E-state index in [1.165, 1.54) is 0 Å². The minimum absolute atomic E-state index is 0. The summed E-state index contributed by atoms with van der Waals surface area (Å²) < 4.78 is 0. The highest BCUT2D eigenvalue weighted by molar-refractivity contribution is 14.0. The van der Waals surface area contributed by atoms with E-state index in [-0.39, 0.29) is 24.0 Å². The first-order valence-electron chi connectivity index (χ1n) is 9.92. The Hall–Kier alpha value is -2.62. The highest BCUT2D eigenvalue weighted by Crippen LogP contribution is 2.16. The molecule has 0 atom stereocenters. The number of anilines is 1. The number of hydrogen-bond acceptors (Lipinski definition) is 4. The predicted octanol–water partition coefficient (Wildman–Crippen LogP) is 3.99. The number of unbranched alkanes of at least 4 members (excludes halogenated alkanes) is 1. The molecule has 0 unspecified atom stereocenters. The molecule has 0 spiro atoms. The molecule has 0 aliphatic carbocycles. The molecule has 3 N–H and O–H groups in total. The van der Waals surface area contributed by atoms with E-state index in [1.807, 2.05) is 49.6 Å². The minimum Gasteiger partial charge on any atom is -0.370 e. The van der Waals surface area contributed by atoms with Crippen LogP contribution >= 0.6 is 24.0 Å². The van der Waals surface area contributed by atoms with Crippen LogP contribution in [0, 0.1) is 0 Å². The number of nitrogens with one attached hydrogen (secondary N) is 3. The summed E-state index contributed by atoms with van der Waals surface area (Å²) in [4.78, 5) is 18.6. The highest BCUT2D eigenvalue weighted by Gasteiger charge is 2.09. The maximum absolute atomic E-state index is 4.50. The first kappa shape index (κ1) is 23.7. The molecule has 0 aliphatic heterocycles. The number of benzene rings is 1. The van der Waals surface area contributed by atoms with Gasteiger partial charge in [0.1, 0.15) is 11.6 Å². The summed E-state index contributed by atoms with van der Waals surface area (Å²) in [6.07, 6.45) is 5.78. The quantitative estimate of drug-likeness (QED) is 0.173. The second kappa shape index (κ2) is 12.8. The standard InChI is InChI=1S/C22H29N7.HI/c1-23-22(26-15-9-8-14-25-20-12-6-7-13-24-20)29(2)17-21-27-16-19(28-21)18-10-4-3-5-11-18;/h3-7,10-13,16H,8-9,14-15,17H2,1-2H3,(H,23,26)(H,24,25)(H,27,28);1H. The van der Waals surface area contributed by atoms with Crippen LogP contribution in [0.5, 0.6) is 0 Å². The van der Waals surface area contributed by atoms with Gasteiger partial charge in [0.15, 0.2) is 5.96 Å². The first-order valence-corrected chi connectivity index (χ1v) is 9.92. The van der Waals surface area contributed by atoms with Crippen molar-refractivity contribution < 1.29 is 0 Å². The van der Waals surface area contributed by atoms with Gasteiger partial charge in [-0.1, -0.05) is 36.4 Å². The van der Waals surface area contributed by atoms with Gasteiger partial charge < -0.3 is 20.5 Å². The highest BCUT2D eigenvalue weighted by atomic mass is 127. The van der Waals surface area contributed by atoms with Crippen LogP contribution in [-0.4, -0.2) is 53.0 Å². The van der Waals surface area contributed by atoms with E-state index in [0.717, 1.165) is 54.8 Å². The molecule has 3 rings (SSSR count). The lowest BCUT2D eigenvalue weighted by atomic mass is 10.2. The number of aliphatic imine (C=N–C) groups is 1. The zero-order chi connectivity index (χ0) is 20.3. The van der Waals surface area contributed by atoms with Crippen molar-refractivity contribution in [2.75, 3.05) is 32.5 Å². The van der Waals surface area contributed by atoms with Crippen molar-refractivity contribution in [3.63, 3.8) is 0 Å². The van der Waals surface area contributed by atoms with Crippen molar-refractivity contribution >= 4 is 35.8 Å². The first-order chi connectivity index (χ1) is 14.3. The summed E-state index contributed by atoms with van der Waals surface area (Å²) in [5.41, 5.74) is 2.16. The molecule has 0 aliphatic rings. The Morgan fingerprint density at radius 2 is 1.80 bits per heavy atom. The number of halogens is 1. The van der Waals surface area contributed by atoms with E-state index in [9.17, 15) is 0 Å². The third-order valence-electron chi connectivity index (χ3n) is 4.53. The van der Waals surface area contributed by atoms with Gasteiger partial charge >= 0.3 is 0 Å². The molecular formula is C22H30IN7. The number of aromatic nitrogens is 3. The van der Waals surface area contributed by atoms with E-state index < -0.39 is 0 Å². The van der Waals surface area contributed by atoms with Crippen LogP contribution < -0.4 is 10.6 Å². The number of hydrogen-bond donors (Lipinski definition) is 3. The fourth-order valence-electron chi connectivity index (χ4n) is 3.03. The van der Waals surface area contributed by atoms with Gasteiger partial charge in [-0.3, -0.25) is 4.99 Å². The number of guanidine groups is 1. The van der Waals surface area contributed by atoms with Gasteiger partial charge in [-0.25, -0.2) is 9.97 Å². The van der Waals surface area contributed by atoms with Crippen LogP contribution in [0.3, 0.4) is 0 Å². The summed E-state index contributed by atoms with van der Waals surface area (Å²) in [6.45, 7) is 2.43. The zero-order valence-corrected chi connectivity index (χ0v) is 19.8. The van der Waals surface area contributed by atoms with Crippen LogP contribution in [0.15, 0.2) is 65.9 Å². The molecule has 0 radical (unpaired) electrons. The Kier molecular flexibility index (Phi) is 10.1. The summed E-state index contributed by atoms with van der Waals surface area (Å²) in [6, 6.07) is 16.1. The monoisotopic (exact) mass is 519 g/mol. The molecule has 0 fully saturated rings. The maximum Gasteiger partial charge on any atom is 0.193 e. The molecule has 7 nitrogen and oxygen atoms in total. The van der Waals surface area contributed by atoms with Gasteiger partial charge in [0.05, 0.1) is 18.4 Å². The molecule has 0 saturated carbocycles. The Balaban J connectivity index is 0.00000320. The summed E-state index contributed by atoms with van der Waals surface area (Å²) >= 11 is 0.